The Bertz CT molecular complexity index is 552. The Balaban J connectivity index is 2.26. The molecule has 0 saturated carbocycles. The van der Waals surface area contributed by atoms with E-state index in [1.165, 1.54) is 35.6 Å². The molecule has 0 aliphatic heterocycles. The Morgan fingerprint density at radius 3 is 2.39 bits per heavy atom. The molecule has 0 aliphatic carbocycles. The van der Waals surface area contributed by atoms with E-state index in [9.17, 15) is 18.7 Å². The Morgan fingerprint density at radius 2 is 1.89 bits per heavy atom. The zero-order chi connectivity index (χ0) is 13.2. The van der Waals surface area contributed by atoms with Crippen molar-refractivity contribution in [1.29, 1.82) is 0 Å². The van der Waals surface area contributed by atoms with E-state index < -0.39 is 19.2 Å². The summed E-state index contributed by atoms with van der Waals surface area (Å²) in [5.41, 5.74) is 0.457. The van der Waals surface area contributed by atoms with Crippen molar-refractivity contribution in [2.24, 2.45) is 0 Å². The summed E-state index contributed by atoms with van der Waals surface area (Å²) in [6.07, 6.45) is 0. The van der Waals surface area contributed by atoms with Gasteiger partial charge in [-0.3, -0.25) is 4.57 Å². The Labute approximate surface area is 107 Å². The molecular weight excluding hydrogens is 276 g/mol. The van der Waals surface area contributed by atoms with Crippen LogP contribution in [0.25, 0.3) is 0 Å². The van der Waals surface area contributed by atoms with Gasteiger partial charge in [-0.1, -0.05) is 6.07 Å². The largest absolute Gasteiger partial charge is 0.367 e. The first-order chi connectivity index (χ1) is 8.47. The quantitative estimate of drug-likeness (QED) is 0.755. The third kappa shape index (κ3) is 3.17. The lowest BCUT2D eigenvalue weighted by atomic mass is 10.3. The van der Waals surface area contributed by atoms with Crippen LogP contribution in [0.5, 0.6) is 0 Å². The van der Waals surface area contributed by atoms with Gasteiger partial charge in [-0.15, -0.1) is 11.3 Å². The van der Waals surface area contributed by atoms with Crippen LogP contribution in [0.4, 0.5) is 10.1 Å². The number of nitrogens with one attached hydrogen (secondary N) is 1. The highest BCUT2D eigenvalue weighted by Crippen LogP contribution is 2.52. The summed E-state index contributed by atoms with van der Waals surface area (Å²) in [6.45, 7) is 0. The minimum absolute atomic E-state index is 0.399. The fraction of sp³-hybridized carbons (Fsp3) is 0.0909. The van der Waals surface area contributed by atoms with Gasteiger partial charge in [0, 0.05) is 10.6 Å². The van der Waals surface area contributed by atoms with Crippen molar-refractivity contribution in [3.63, 3.8) is 0 Å². The molecule has 7 heteroatoms. The van der Waals surface area contributed by atoms with E-state index in [-0.39, 0.29) is 0 Å². The molecule has 0 saturated heterocycles. The number of anilines is 1. The lowest BCUT2D eigenvalue weighted by Crippen LogP contribution is -2.09. The number of rotatable bonds is 4. The first-order valence-corrected chi connectivity index (χ1v) is 7.63. The van der Waals surface area contributed by atoms with Gasteiger partial charge in [-0.05, 0) is 35.7 Å². The molecule has 0 unspecified atom stereocenters. The van der Waals surface area contributed by atoms with Gasteiger partial charge in [0.25, 0.3) is 0 Å². The molecule has 2 rings (SSSR count). The average Bonchev–Trinajstić information content (AvgIpc) is 2.80. The van der Waals surface area contributed by atoms with E-state index in [4.69, 9.17) is 0 Å². The Kier molecular flexibility index (Phi) is 3.82. The third-order valence-electron chi connectivity index (χ3n) is 2.30. The van der Waals surface area contributed by atoms with Gasteiger partial charge in [0.05, 0.1) is 0 Å². The van der Waals surface area contributed by atoms with Crippen LogP contribution in [0.15, 0.2) is 41.8 Å². The van der Waals surface area contributed by atoms with Gasteiger partial charge >= 0.3 is 7.60 Å². The summed E-state index contributed by atoms with van der Waals surface area (Å²) in [6, 6.07) is 8.69. The molecule has 18 heavy (non-hydrogen) atoms. The highest BCUT2D eigenvalue weighted by molar-refractivity contribution is 7.52. The van der Waals surface area contributed by atoms with Crippen LogP contribution in [-0.4, -0.2) is 9.79 Å². The van der Waals surface area contributed by atoms with Crippen LogP contribution >= 0.6 is 18.9 Å². The van der Waals surface area contributed by atoms with Gasteiger partial charge in [-0.2, -0.15) is 0 Å². The smallest absolute Gasteiger partial charge is 0.352 e. The van der Waals surface area contributed by atoms with E-state index in [1.807, 2.05) is 0 Å². The molecule has 0 radical (unpaired) electrons. The van der Waals surface area contributed by atoms with Gasteiger partial charge in [0.15, 0.2) is 5.78 Å². The molecule has 4 nitrogen and oxygen atoms in total. The van der Waals surface area contributed by atoms with E-state index in [2.05, 4.69) is 5.32 Å². The van der Waals surface area contributed by atoms with Gasteiger partial charge in [0.2, 0.25) is 0 Å². The molecule has 2 aromatic rings. The van der Waals surface area contributed by atoms with Crippen molar-refractivity contribution in [1.82, 2.24) is 0 Å². The summed E-state index contributed by atoms with van der Waals surface area (Å²) in [4.78, 5) is 19.2. The minimum atomic E-state index is -4.34. The molecule has 3 N–H and O–H groups in total. The number of hydrogen-bond acceptors (Lipinski definition) is 3. The topological polar surface area (TPSA) is 69.6 Å². The molecule has 1 aromatic heterocycles. The second-order valence-corrected chi connectivity index (χ2v) is 6.33. The van der Waals surface area contributed by atoms with Crippen molar-refractivity contribution < 1.29 is 18.7 Å². The van der Waals surface area contributed by atoms with Crippen LogP contribution in [0.1, 0.15) is 10.7 Å². The Morgan fingerprint density at radius 1 is 1.22 bits per heavy atom. The molecule has 96 valence electrons. The maximum Gasteiger partial charge on any atom is 0.352 e. The second kappa shape index (κ2) is 5.20. The van der Waals surface area contributed by atoms with Gasteiger partial charge in [0.1, 0.15) is 5.82 Å². The second-order valence-electron chi connectivity index (χ2n) is 3.66. The summed E-state index contributed by atoms with van der Waals surface area (Å²) in [7, 11) is -4.34. The SMILES string of the molecule is O=P(O)(O)[C@@H](Nc1ccc(F)cc1)c1cccs1. The van der Waals surface area contributed by atoms with E-state index in [0.717, 1.165) is 0 Å². The first kappa shape index (κ1) is 13.2. The van der Waals surface area contributed by atoms with Crippen molar-refractivity contribution in [2.45, 2.75) is 5.78 Å². The lowest BCUT2D eigenvalue weighted by molar-refractivity contribution is 0.363. The van der Waals surface area contributed by atoms with E-state index in [0.29, 0.717) is 10.6 Å². The van der Waals surface area contributed by atoms with Crippen molar-refractivity contribution in [2.75, 3.05) is 5.32 Å². The minimum Gasteiger partial charge on any atom is -0.367 e. The molecule has 1 atom stereocenters. The monoisotopic (exact) mass is 287 g/mol. The molecule has 0 spiro atoms. The summed E-state index contributed by atoms with van der Waals surface area (Å²) < 4.78 is 24.2. The van der Waals surface area contributed by atoms with Crippen LogP contribution in [0.3, 0.4) is 0 Å². The predicted molar refractivity (Wildman–Crippen MR) is 69.1 cm³/mol. The lowest BCUT2D eigenvalue weighted by Gasteiger charge is -2.19. The number of hydrogen-bond donors (Lipinski definition) is 3. The van der Waals surface area contributed by atoms with Gasteiger partial charge in [-0.25, -0.2) is 4.39 Å². The zero-order valence-corrected chi connectivity index (χ0v) is 10.9. The first-order valence-electron chi connectivity index (χ1n) is 5.07. The molecule has 0 bridgehead atoms. The summed E-state index contributed by atoms with van der Waals surface area (Å²) in [5, 5.41) is 4.47. The zero-order valence-electron chi connectivity index (χ0n) is 9.15. The maximum atomic E-state index is 12.8. The fourth-order valence-electron chi connectivity index (χ4n) is 1.47. The Hall–Kier alpha value is -1.20. The van der Waals surface area contributed by atoms with Crippen molar-refractivity contribution in [3.8, 4) is 0 Å². The van der Waals surface area contributed by atoms with Gasteiger partial charge < -0.3 is 15.1 Å². The maximum absolute atomic E-state index is 12.8. The average molecular weight is 287 g/mol. The highest BCUT2D eigenvalue weighted by atomic mass is 32.1. The standard InChI is InChI=1S/C11H11FNO3PS/c12-8-3-5-9(6-4-8)13-11(17(14,15)16)10-2-1-7-18-10/h1-7,11,13H,(H2,14,15,16)/t11-/m1/s1. The van der Waals surface area contributed by atoms with Crippen LogP contribution in [0, 0.1) is 5.82 Å². The van der Waals surface area contributed by atoms with E-state index in [1.54, 1.807) is 17.5 Å². The molecule has 1 heterocycles. The summed E-state index contributed by atoms with van der Waals surface area (Å²) >= 11 is 1.25. The molecule has 0 fully saturated rings. The highest BCUT2D eigenvalue weighted by Gasteiger charge is 2.31. The van der Waals surface area contributed by atoms with Crippen molar-refractivity contribution >= 4 is 24.6 Å². The molecule has 0 aliphatic rings. The fourth-order valence-corrected chi connectivity index (χ4v) is 3.46. The third-order valence-corrected chi connectivity index (χ3v) is 4.49. The summed E-state index contributed by atoms with van der Waals surface area (Å²) in [5.74, 6) is -1.51. The van der Waals surface area contributed by atoms with Crippen LogP contribution < -0.4 is 5.32 Å². The van der Waals surface area contributed by atoms with Crippen LogP contribution in [-0.2, 0) is 4.57 Å². The van der Waals surface area contributed by atoms with E-state index >= 15 is 0 Å². The normalized spacial score (nSPS) is 13.3. The molecule has 0 amide bonds. The number of thiophene rings is 1. The van der Waals surface area contributed by atoms with Crippen molar-refractivity contribution in [3.05, 3.63) is 52.5 Å². The van der Waals surface area contributed by atoms with Crippen LogP contribution in [0.2, 0.25) is 0 Å². The molecule has 1 aromatic carbocycles. The number of halogens is 1. The predicted octanol–water partition coefficient (Wildman–Crippen LogP) is 3.18. The molecular formula is C11H11FNO3PS. The number of benzene rings is 1.